The molecule has 0 aliphatic carbocycles. The molecule has 27 heavy (non-hydrogen) atoms. The summed E-state index contributed by atoms with van der Waals surface area (Å²) in [5, 5.41) is 10.7. The second kappa shape index (κ2) is 7.87. The van der Waals surface area contributed by atoms with Crippen LogP contribution in [0.5, 0.6) is 0 Å². The molecule has 4 aromatic rings. The van der Waals surface area contributed by atoms with Crippen molar-refractivity contribution in [3.05, 3.63) is 77.2 Å². The molecule has 1 atom stereocenters. The van der Waals surface area contributed by atoms with Gasteiger partial charge in [0.15, 0.2) is 0 Å². The van der Waals surface area contributed by atoms with Crippen LogP contribution >= 0.6 is 11.3 Å². The lowest BCUT2D eigenvalue weighted by Crippen LogP contribution is -2.29. The molecule has 3 aromatic heterocycles. The van der Waals surface area contributed by atoms with Gasteiger partial charge in [-0.05, 0) is 23.8 Å². The SMILES string of the molecule is O=c1c2cc(-c3ccccc3)sc2ncn1CC(O)COCc1ccco1. The summed E-state index contributed by atoms with van der Waals surface area (Å²) in [6.07, 6.45) is 2.23. The number of fused-ring (bicyclic) bond motifs is 1. The van der Waals surface area contributed by atoms with Crippen LogP contribution < -0.4 is 5.56 Å². The minimum Gasteiger partial charge on any atom is -0.467 e. The van der Waals surface area contributed by atoms with Gasteiger partial charge in [-0.15, -0.1) is 11.3 Å². The Hall–Kier alpha value is -2.74. The third-order valence-corrected chi connectivity index (χ3v) is 5.21. The van der Waals surface area contributed by atoms with E-state index in [1.807, 2.05) is 36.4 Å². The standard InChI is InChI=1S/C20H18N2O4S/c23-15(11-25-12-16-7-4-8-26-16)10-22-13-21-19-17(20(22)24)9-18(27-19)14-5-2-1-3-6-14/h1-9,13,15,23H,10-12H2. The fourth-order valence-electron chi connectivity index (χ4n) is 2.80. The molecule has 0 radical (unpaired) electrons. The predicted octanol–water partition coefficient (Wildman–Crippen LogP) is 3.30. The van der Waals surface area contributed by atoms with E-state index in [0.29, 0.717) is 16.0 Å². The van der Waals surface area contributed by atoms with Crippen LogP contribution in [0.2, 0.25) is 0 Å². The molecular formula is C20H18N2O4S. The first kappa shape index (κ1) is 17.7. The molecular weight excluding hydrogens is 364 g/mol. The monoisotopic (exact) mass is 382 g/mol. The maximum Gasteiger partial charge on any atom is 0.262 e. The summed E-state index contributed by atoms with van der Waals surface area (Å²) < 4.78 is 12.0. The van der Waals surface area contributed by atoms with Crippen LogP contribution in [0.4, 0.5) is 0 Å². The maximum atomic E-state index is 12.7. The first-order chi connectivity index (χ1) is 13.2. The number of nitrogens with zero attached hydrogens (tertiary/aromatic N) is 2. The summed E-state index contributed by atoms with van der Waals surface area (Å²) >= 11 is 1.48. The van der Waals surface area contributed by atoms with E-state index in [1.165, 1.54) is 22.2 Å². The summed E-state index contributed by atoms with van der Waals surface area (Å²) in [7, 11) is 0. The van der Waals surface area contributed by atoms with Gasteiger partial charge < -0.3 is 14.3 Å². The van der Waals surface area contributed by atoms with Crippen molar-refractivity contribution >= 4 is 21.6 Å². The second-order valence-electron chi connectivity index (χ2n) is 6.15. The summed E-state index contributed by atoms with van der Waals surface area (Å²) in [6.45, 7) is 0.502. The highest BCUT2D eigenvalue weighted by Gasteiger charge is 2.13. The number of thiophene rings is 1. The van der Waals surface area contributed by atoms with Crippen LogP contribution in [0.25, 0.3) is 20.7 Å². The molecule has 0 aliphatic heterocycles. The van der Waals surface area contributed by atoms with E-state index in [0.717, 1.165) is 10.4 Å². The Bertz CT molecular complexity index is 1070. The molecule has 1 unspecified atom stereocenters. The maximum absolute atomic E-state index is 12.7. The van der Waals surface area contributed by atoms with Gasteiger partial charge in [0.1, 0.15) is 17.2 Å². The third kappa shape index (κ3) is 4.00. The van der Waals surface area contributed by atoms with Crippen molar-refractivity contribution in [3.8, 4) is 10.4 Å². The first-order valence-electron chi connectivity index (χ1n) is 8.53. The Morgan fingerprint density at radius 1 is 1.22 bits per heavy atom. The highest BCUT2D eigenvalue weighted by Crippen LogP contribution is 2.30. The number of ether oxygens (including phenoxy) is 1. The lowest BCUT2D eigenvalue weighted by atomic mass is 10.2. The van der Waals surface area contributed by atoms with Gasteiger partial charge in [-0.25, -0.2) is 4.98 Å². The molecule has 1 aromatic carbocycles. The molecule has 0 fully saturated rings. The van der Waals surface area contributed by atoms with Crippen molar-refractivity contribution < 1.29 is 14.3 Å². The van der Waals surface area contributed by atoms with Crippen LogP contribution in [-0.4, -0.2) is 27.4 Å². The second-order valence-corrected chi connectivity index (χ2v) is 7.18. The number of rotatable bonds is 7. The van der Waals surface area contributed by atoms with Crippen molar-refractivity contribution in [1.29, 1.82) is 0 Å². The number of hydrogen-bond donors (Lipinski definition) is 1. The fourth-order valence-corrected chi connectivity index (χ4v) is 3.80. The highest BCUT2D eigenvalue weighted by molar-refractivity contribution is 7.21. The Balaban J connectivity index is 1.47. The van der Waals surface area contributed by atoms with E-state index in [4.69, 9.17) is 9.15 Å². The molecule has 1 N–H and O–H groups in total. The Labute approximate surface area is 159 Å². The van der Waals surface area contributed by atoms with Crippen LogP contribution in [0, 0.1) is 0 Å². The summed E-state index contributed by atoms with van der Waals surface area (Å²) in [6, 6.07) is 15.3. The minimum atomic E-state index is -0.816. The van der Waals surface area contributed by atoms with Crippen LogP contribution in [0.15, 0.2) is 70.3 Å². The zero-order valence-corrected chi connectivity index (χ0v) is 15.3. The van der Waals surface area contributed by atoms with E-state index in [1.54, 1.807) is 18.4 Å². The van der Waals surface area contributed by atoms with Gasteiger partial charge in [-0.3, -0.25) is 9.36 Å². The topological polar surface area (TPSA) is 77.5 Å². The Kier molecular flexibility index (Phi) is 5.15. The summed E-state index contributed by atoms with van der Waals surface area (Å²) in [5.41, 5.74) is 0.890. The minimum absolute atomic E-state index is 0.101. The summed E-state index contributed by atoms with van der Waals surface area (Å²) in [4.78, 5) is 18.8. The van der Waals surface area contributed by atoms with Gasteiger partial charge in [-0.1, -0.05) is 30.3 Å². The van der Waals surface area contributed by atoms with Gasteiger partial charge in [0, 0.05) is 4.88 Å². The van der Waals surface area contributed by atoms with Crippen LogP contribution in [-0.2, 0) is 17.9 Å². The number of aliphatic hydroxyl groups excluding tert-OH is 1. The number of furan rings is 1. The van der Waals surface area contributed by atoms with Gasteiger partial charge in [-0.2, -0.15) is 0 Å². The molecule has 3 heterocycles. The van der Waals surface area contributed by atoms with E-state index in [9.17, 15) is 9.90 Å². The molecule has 6 nitrogen and oxygen atoms in total. The molecule has 0 saturated carbocycles. The third-order valence-electron chi connectivity index (χ3n) is 4.12. The quantitative estimate of drug-likeness (QED) is 0.531. The first-order valence-corrected chi connectivity index (χ1v) is 9.35. The average molecular weight is 382 g/mol. The number of benzene rings is 1. The summed E-state index contributed by atoms with van der Waals surface area (Å²) in [5.74, 6) is 0.689. The lowest BCUT2D eigenvalue weighted by molar-refractivity contribution is 0.0142. The zero-order valence-electron chi connectivity index (χ0n) is 14.4. The Morgan fingerprint density at radius 3 is 2.85 bits per heavy atom. The smallest absolute Gasteiger partial charge is 0.262 e. The van der Waals surface area contributed by atoms with E-state index < -0.39 is 6.10 Å². The largest absolute Gasteiger partial charge is 0.467 e. The normalized spacial score (nSPS) is 12.5. The number of aliphatic hydroxyl groups is 1. The Morgan fingerprint density at radius 2 is 2.07 bits per heavy atom. The molecule has 0 amide bonds. The highest BCUT2D eigenvalue weighted by atomic mass is 32.1. The van der Waals surface area contributed by atoms with Crippen molar-refractivity contribution in [3.63, 3.8) is 0 Å². The average Bonchev–Trinajstić information content (AvgIpc) is 3.35. The molecule has 138 valence electrons. The molecule has 0 aliphatic rings. The van der Waals surface area contributed by atoms with Gasteiger partial charge in [0.05, 0.1) is 37.2 Å². The number of aromatic nitrogens is 2. The molecule has 0 bridgehead atoms. The van der Waals surface area contributed by atoms with E-state index in [2.05, 4.69) is 4.98 Å². The van der Waals surface area contributed by atoms with E-state index in [-0.39, 0.29) is 25.3 Å². The molecule has 0 saturated heterocycles. The van der Waals surface area contributed by atoms with Crippen molar-refractivity contribution in [2.75, 3.05) is 6.61 Å². The van der Waals surface area contributed by atoms with Gasteiger partial charge in [0.2, 0.25) is 0 Å². The van der Waals surface area contributed by atoms with Crippen LogP contribution in [0.1, 0.15) is 5.76 Å². The molecule has 0 spiro atoms. The van der Waals surface area contributed by atoms with Crippen LogP contribution in [0.3, 0.4) is 0 Å². The van der Waals surface area contributed by atoms with Crippen molar-refractivity contribution in [2.45, 2.75) is 19.3 Å². The van der Waals surface area contributed by atoms with E-state index >= 15 is 0 Å². The molecule has 7 heteroatoms. The number of hydrogen-bond acceptors (Lipinski definition) is 6. The predicted molar refractivity (Wildman–Crippen MR) is 104 cm³/mol. The van der Waals surface area contributed by atoms with Crippen molar-refractivity contribution in [1.82, 2.24) is 9.55 Å². The van der Waals surface area contributed by atoms with Gasteiger partial charge >= 0.3 is 0 Å². The lowest BCUT2D eigenvalue weighted by Gasteiger charge is -2.12. The van der Waals surface area contributed by atoms with Gasteiger partial charge in [0.25, 0.3) is 5.56 Å². The molecule has 4 rings (SSSR count). The van der Waals surface area contributed by atoms with Crippen molar-refractivity contribution in [2.24, 2.45) is 0 Å². The fraction of sp³-hybridized carbons (Fsp3) is 0.200. The zero-order chi connectivity index (χ0) is 18.6.